The highest BCUT2D eigenvalue weighted by molar-refractivity contribution is 7.93. The van der Waals surface area contributed by atoms with E-state index in [4.69, 9.17) is 17.3 Å². The van der Waals surface area contributed by atoms with Crippen LogP contribution in [0.2, 0.25) is 5.02 Å². The first-order chi connectivity index (χ1) is 7.26. The molecule has 0 amide bonds. The average Bonchev–Trinajstić information content (AvgIpc) is 2.20. The zero-order valence-electron chi connectivity index (χ0n) is 9.44. The molecule has 0 spiro atoms. The zero-order valence-corrected chi connectivity index (χ0v) is 11.0. The van der Waals surface area contributed by atoms with Crippen molar-refractivity contribution in [2.45, 2.75) is 19.1 Å². The van der Waals surface area contributed by atoms with Crippen molar-refractivity contribution in [2.24, 2.45) is 0 Å². The maximum atomic E-state index is 11.9. The van der Waals surface area contributed by atoms with Gasteiger partial charge in [0.05, 0.1) is 16.6 Å². The molecule has 0 aromatic heterocycles. The van der Waals surface area contributed by atoms with Crippen LogP contribution in [-0.4, -0.2) is 20.7 Å². The Morgan fingerprint density at radius 1 is 1.38 bits per heavy atom. The van der Waals surface area contributed by atoms with Gasteiger partial charge < -0.3 is 5.73 Å². The smallest absolute Gasteiger partial charge is 0.237 e. The van der Waals surface area contributed by atoms with Crippen molar-refractivity contribution in [3.05, 3.63) is 23.2 Å². The summed E-state index contributed by atoms with van der Waals surface area (Å²) in [4.78, 5) is 0. The van der Waals surface area contributed by atoms with Gasteiger partial charge in [-0.1, -0.05) is 11.6 Å². The van der Waals surface area contributed by atoms with Gasteiger partial charge in [0.15, 0.2) is 0 Å². The number of nitrogen functional groups attached to an aromatic ring is 1. The topological polar surface area (TPSA) is 63.4 Å². The fourth-order valence-electron chi connectivity index (χ4n) is 1.24. The Labute approximate surface area is 101 Å². The van der Waals surface area contributed by atoms with Gasteiger partial charge in [-0.05, 0) is 32.0 Å². The van der Waals surface area contributed by atoms with E-state index < -0.39 is 15.3 Å². The van der Waals surface area contributed by atoms with Gasteiger partial charge in [0.2, 0.25) is 10.0 Å². The highest BCUT2D eigenvalue weighted by Crippen LogP contribution is 2.28. The van der Waals surface area contributed by atoms with Gasteiger partial charge in [-0.3, -0.25) is 4.31 Å². The van der Waals surface area contributed by atoms with Crippen LogP contribution in [0.3, 0.4) is 0 Å². The summed E-state index contributed by atoms with van der Waals surface area (Å²) in [6, 6.07) is 4.75. The van der Waals surface area contributed by atoms with Crippen molar-refractivity contribution in [3.8, 4) is 0 Å². The SMILES string of the molecule is CC(C)S(=O)(=O)N(C)c1cc(Cl)ccc1N. The van der Waals surface area contributed by atoms with Gasteiger partial charge in [-0.2, -0.15) is 0 Å². The van der Waals surface area contributed by atoms with Gasteiger partial charge >= 0.3 is 0 Å². The Balaban J connectivity index is 3.25. The summed E-state index contributed by atoms with van der Waals surface area (Å²) in [5, 5.41) is -0.0501. The molecule has 1 aromatic carbocycles. The second-order valence-electron chi connectivity index (χ2n) is 3.76. The molecule has 2 N–H and O–H groups in total. The molecule has 0 saturated heterocycles. The minimum absolute atomic E-state index is 0.385. The summed E-state index contributed by atoms with van der Waals surface area (Å²) in [6.07, 6.45) is 0. The van der Waals surface area contributed by atoms with Gasteiger partial charge in [0.25, 0.3) is 0 Å². The standard InChI is InChI=1S/C10H15ClN2O2S/c1-7(2)16(14,15)13(3)10-6-8(11)4-5-9(10)12/h4-7H,12H2,1-3H3. The van der Waals surface area contributed by atoms with E-state index in [0.29, 0.717) is 16.4 Å². The molecule has 0 fully saturated rings. The molecule has 1 aromatic rings. The van der Waals surface area contributed by atoms with Crippen molar-refractivity contribution < 1.29 is 8.42 Å². The molecule has 0 saturated carbocycles. The predicted molar refractivity (Wildman–Crippen MR) is 68.3 cm³/mol. The number of anilines is 2. The third-order valence-corrected chi connectivity index (χ3v) is 4.70. The lowest BCUT2D eigenvalue weighted by Crippen LogP contribution is -2.33. The molecule has 0 aliphatic heterocycles. The van der Waals surface area contributed by atoms with Crippen LogP contribution in [0.25, 0.3) is 0 Å². The number of benzene rings is 1. The van der Waals surface area contributed by atoms with Crippen LogP contribution in [0.15, 0.2) is 18.2 Å². The molecule has 0 radical (unpaired) electrons. The fraction of sp³-hybridized carbons (Fsp3) is 0.400. The van der Waals surface area contributed by atoms with Crippen LogP contribution < -0.4 is 10.0 Å². The molecule has 6 heteroatoms. The van der Waals surface area contributed by atoms with E-state index in [9.17, 15) is 8.42 Å². The van der Waals surface area contributed by atoms with Crippen LogP contribution in [0.4, 0.5) is 11.4 Å². The number of hydrogen-bond donors (Lipinski definition) is 1. The molecule has 0 aliphatic carbocycles. The molecule has 0 atom stereocenters. The minimum Gasteiger partial charge on any atom is -0.397 e. The summed E-state index contributed by atoms with van der Waals surface area (Å²) in [7, 11) is -1.90. The van der Waals surface area contributed by atoms with Crippen LogP contribution in [0.1, 0.15) is 13.8 Å². The predicted octanol–water partition coefficient (Wildman–Crippen LogP) is 2.10. The Kier molecular flexibility index (Phi) is 3.70. The summed E-state index contributed by atoms with van der Waals surface area (Å²) >= 11 is 5.81. The van der Waals surface area contributed by atoms with Crippen LogP contribution in [-0.2, 0) is 10.0 Å². The Morgan fingerprint density at radius 2 is 1.94 bits per heavy atom. The van der Waals surface area contributed by atoms with E-state index in [-0.39, 0.29) is 0 Å². The maximum Gasteiger partial charge on any atom is 0.237 e. The van der Waals surface area contributed by atoms with Crippen molar-refractivity contribution in [1.82, 2.24) is 0 Å². The average molecular weight is 263 g/mol. The number of nitrogens with zero attached hydrogens (tertiary/aromatic N) is 1. The van der Waals surface area contributed by atoms with E-state index in [0.717, 1.165) is 0 Å². The highest BCUT2D eigenvalue weighted by Gasteiger charge is 2.24. The number of halogens is 1. The van der Waals surface area contributed by atoms with Crippen molar-refractivity contribution in [3.63, 3.8) is 0 Å². The van der Waals surface area contributed by atoms with Gasteiger partial charge in [0, 0.05) is 12.1 Å². The lowest BCUT2D eigenvalue weighted by atomic mass is 10.3. The van der Waals surface area contributed by atoms with E-state index in [1.165, 1.54) is 17.4 Å². The first-order valence-corrected chi connectivity index (χ1v) is 6.67. The maximum absolute atomic E-state index is 11.9. The summed E-state index contributed by atoms with van der Waals surface area (Å²) in [5.41, 5.74) is 6.51. The lowest BCUT2D eigenvalue weighted by Gasteiger charge is -2.23. The number of hydrogen-bond acceptors (Lipinski definition) is 3. The summed E-state index contributed by atoms with van der Waals surface area (Å²) < 4.78 is 25.0. The third kappa shape index (κ3) is 2.41. The van der Waals surface area contributed by atoms with Crippen LogP contribution in [0.5, 0.6) is 0 Å². The van der Waals surface area contributed by atoms with Crippen LogP contribution >= 0.6 is 11.6 Å². The first-order valence-electron chi connectivity index (χ1n) is 4.79. The van der Waals surface area contributed by atoms with E-state index in [1.807, 2.05) is 0 Å². The third-order valence-electron chi connectivity index (χ3n) is 2.31. The van der Waals surface area contributed by atoms with Gasteiger partial charge in [-0.25, -0.2) is 8.42 Å². The normalized spacial score (nSPS) is 11.8. The summed E-state index contributed by atoms with van der Waals surface area (Å²) in [6.45, 7) is 3.24. The Morgan fingerprint density at radius 3 is 2.44 bits per heavy atom. The van der Waals surface area contributed by atoms with E-state index >= 15 is 0 Å². The lowest BCUT2D eigenvalue weighted by molar-refractivity contribution is 0.585. The van der Waals surface area contributed by atoms with Crippen LogP contribution in [0, 0.1) is 0 Å². The molecular weight excluding hydrogens is 248 g/mol. The molecule has 4 nitrogen and oxygen atoms in total. The second-order valence-corrected chi connectivity index (χ2v) is 6.72. The second kappa shape index (κ2) is 4.51. The highest BCUT2D eigenvalue weighted by atomic mass is 35.5. The Hall–Kier alpha value is -0.940. The minimum atomic E-state index is -3.37. The van der Waals surface area contributed by atoms with Crippen molar-refractivity contribution >= 4 is 33.0 Å². The van der Waals surface area contributed by atoms with Crippen molar-refractivity contribution in [2.75, 3.05) is 17.1 Å². The molecule has 1 rings (SSSR count). The number of nitrogens with two attached hydrogens (primary N) is 1. The molecule has 0 bridgehead atoms. The monoisotopic (exact) mass is 262 g/mol. The molecule has 90 valence electrons. The van der Waals surface area contributed by atoms with E-state index in [2.05, 4.69) is 0 Å². The van der Waals surface area contributed by atoms with Gasteiger partial charge in [-0.15, -0.1) is 0 Å². The first kappa shape index (κ1) is 13.1. The molecular formula is C10H15ClN2O2S. The molecule has 16 heavy (non-hydrogen) atoms. The quantitative estimate of drug-likeness (QED) is 0.849. The molecule has 0 aliphatic rings. The molecule has 0 unspecified atom stereocenters. The fourth-order valence-corrected chi connectivity index (χ4v) is 2.47. The zero-order chi connectivity index (χ0) is 12.5. The van der Waals surface area contributed by atoms with Gasteiger partial charge in [0.1, 0.15) is 0 Å². The number of sulfonamides is 1. The largest absolute Gasteiger partial charge is 0.397 e. The Bertz CT molecular complexity index is 486. The van der Waals surface area contributed by atoms with E-state index in [1.54, 1.807) is 26.0 Å². The molecule has 0 heterocycles. The number of rotatable bonds is 3. The van der Waals surface area contributed by atoms with Crippen molar-refractivity contribution in [1.29, 1.82) is 0 Å². The summed E-state index contributed by atoms with van der Waals surface area (Å²) in [5.74, 6) is 0.